The molecule has 1 atom stereocenters. The SMILES string of the molecule is CNC(C)Cc1noc(Cn2cccn2)n1.Cl. The first-order valence-electron chi connectivity index (χ1n) is 5.24. The predicted octanol–water partition coefficient (Wildman–Crippen LogP) is 0.887. The summed E-state index contributed by atoms with van der Waals surface area (Å²) in [5, 5.41) is 11.1. The zero-order valence-electron chi connectivity index (χ0n) is 9.83. The summed E-state index contributed by atoms with van der Waals surface area (Å²) < 4.78 is 6.88. The van der Waals surface area contributed by atoms with Crippen LogP contribution in [0.25, 0.3) is 0 Å². The van der Waals surface area contributed by atoms with E-state index >= 15 is 0 Å². The highest BCUT2D eigenvalue weighted by Crippen LogP contribution is 2.02. The Morgan fingerprint density at radius 3 is 3.00 bits per heavy atom. The van der Waals surface area contributed by atoms with Crippen molar-refractivity contribution in [1.29, 1.82) is 0 Å². The summed E-state index contributed by atoms with van der Waals surface area (Å²) in [5.74, 6) is 1.31. The van der Waals surface area contributed by atoms with Gasteiger partial charge < -0.3 is 9.84 Å². The van der Waals surface area contributed by atoms with Crippen LogP contribution in [-0.2, 0) is 13.0 Å². The van der Waals surface area contributed by atoms with Crippen molar-refractivity contribution in [3.63, 3.8) is 0 Å². The predicted molar refractivity (Wildman–Crippen MR) is 65.1 cm³/mol. The van der Waals surface area contributed by atoms with Crippen LogP contribution < -0.4 is 5.32 Å². The number of halogens is 1. The molecule has 0 radical (unpaired) electrons. The summed E-state index contributed by atoms with van der Waals surface area (Å²) in [6.07, 6.45) is 4.35. The van der Waals surface area contributed by atoms with Gasteiger partial charge >= 0.3 is 0 Å². The summed E-state index contributed by atoms with van der Waals surface area (Å²) in [4.78, 5) is 4.29. The van der Waals surface area contributed by atoms with E-state index in [4.69, 9.17) is 4.52 Å². The minimum absolute atomic E-state index is 0. The van der Waals surface area contributed by atoms with Crippen molar-refractivity contribution in [1.82, 2.24) is 25.2 Å². The maximum Gasteiger partial charge on any atom is 0.248 e. The molecule has 0 amide bonds. The van der Waals surface area contributed by atoms with Crippen molar-refractivity contribution in [2.45, 2.75) is 25.9 Å². The van der Waals surface area contributed by atoms with Crippen LogP contribution in [0.3, 0.4) is 0 Å². The van der Waals surface area contributed by atoms with Gasteiger partial charge in [-0.15, -0.1) is 12.4 Å². The number of hydrogen-bond donors (Lipinski definition) is 1. The van der Waals surface area contributed by atoms with E-state index in [2.05, 4.69) is 27.5 Å². The van der Waals surface area contributed by atoms with Crippen LogP contribution >= 0.6 is 12.4 Å². The fraction of sp³-hybridized carbons (Fsp3) is 0.500. The second-order valence-electron chi connectivity index (χ2n) is 3.70. The van der Waals surface area contributed by atoms with E-state index in [0.717, 1.165) is 12.2 Å². The highest BCUT2D eigenvalue weighted by molar-refractivity contribution is 5.85. The number of nitrogens with one attached hydrogen (secondary N) is 1. The molecule has 17 heavy (non-hydrogen) atoms. The zero-order valence-corrected chi connectivity index (χ0v) is 10.6. The molecule has 0 aliphatic carbocycles. The molecule has 0 spiro atoms. The Morgan fingerprint density at radius 2 is 2.35 bits per heavy atom. The first-order valence-corrected chi connectivity index (χ1v) is 5.24. The largest absolute Gasteiger partial charge is 0.337 e. The molecule has 0 saturated heterocycles. The average molecular weight is 258 g/mol. The fourth-order valence-corrected chi connectivity index (χ4v) is 1.35. The summed E-state index contributed by atoms with van der Waals surface area (Å²) in [7, 11) is 1.91. The molecule has 2 heterocycles. The summed E-state index contributed by atoms with van der Waals surface area (Å²) in [6.45, 7) is 2.59. The van der Waals surface area contributed by atoms with Crippen LogP contribution in [0.15, 0.2) is 23.0 Å². The molecular formula is C10H16ClN5O. The van der Waals surface area contributed by atoms with E-state index < -0.39 is 0 Å². The first kappa shape index (κ1) is 13.7. The Morgan fingerprint density at radius 1 is 1.53 bits per heavy atom. The summed E-state index contributed by atoms with van der Waals surface area (Å²) in [6, 6.07) is 2.20. The van der Waals surface area contributed by atoms with Gasteiger partial charge in [0.25, 0.3) is 0 Å². The van der Waals surface area contributed by atoms with Crippen molar-refractivity contribution in [2.24, 2.45) is 0 Å². The van der Waals surface area contributed by atoms with Gasteiger partial charge in [0.05, 0.1) is 0 Å². The molecular weight excluding hydrogens is 242 g/mol. The summed E-state index contributed by atoms with van der Waals surface area (Å²) in [5.41, 5.74) is 0. The molecule has 2 rings (SSSR count). The van der Waals surface area contributed by atoms with Gasteiger partial charge in [0.1, 0.15) is 6.54 Å². The molecule has 0 aliphatic heterocycles. The van der Waals surface area contributed by atoms with Gasteiger partial charge in [0.2, 0.25) is 5.89 Å². The van der Waals surface area contributed by atoms with Gasteiger partial charge in [-0.1, -0.05) is 5.16 Å². The Balaban J connectivity index is 0.00000144. The monoisotopic (exact) mass is 257 g/mol. The van der Waals surface area contributed by atoms with E-state index in [9.17, 15) is 0 Å². The molecule has 0 aliphatic rings. The minimum Gasteiger partial charge on any atom is -0.337 e. The van der Waals surface area contributed by atoms with Crippen molar-refractivity contribution >= 4 is 12.4 Å². The normalized spacial score (nSPS) is 12.1. The van der Waals surface area contributed by atoms with Crippen molar-refractivity contribution < 1.29 is 4.52 Å². The second-order valence-corrected chi connectivity index (χ2v) is 3.70. The van der Waals surface area contributed by atoms with Crippen LogP contribution in [0.1, 0.15) is 18.6 Å². The van der Waals surface area contributed by atoms with Crippen LogP contribution in [0.4, 0.5) is 0 Å². The van der Waals surface area contributed by atoms with Gasteiger partial charge in [0.15, 0.2) is 5.82 Å². The molecule has 0 fully saturated rings. The van der Waals surface area contributed by atoms with E-state index in [1.165, 1.54) is 0 Å². The van der Waals surface area contributed by atoms with E-state index in [0.29, 0.717) is 18.5 Å². The van der Waals surface area contributed by atoms with Crippen molar-refractivity contribution in [2.75, 3.05) is 7.05 Å². The van der Waals surface area contributed by atoms with Gasteiger partial charge in [-0.25, -0.2) is 0 Å². The van der Waals surface area contributed by atoms with Gasteiger partial charge in [-0.05, 0) is 20.0 Å². The lowest BCUT2D eigenvalue weighted by Gasteiger charge is -2.04. The van der Waals surface area contributed by atoms with Gasteiger partial charge in [0, 0.05) is 24.9 Å². The van der Waals surface area contributed by atoms with Crippen LogP contribution in [-0.4, -0.2) is 33.0 Å². The molecule has 0 aromatic carbocycles. The van der Waals surface area contributed by atoms with Crippen LogP contribution in [0, 0.1) is 0 Å². The quantitative estimate of drug-likeness (QED) is 0.861. The number of rotatable bonds is 5. The summed E-state index contributed by atoms with van der Waals surface area (Å²) >= 11 is 0. The zero-order chi connectivity index (χ0) is 11.4. The number of aromatic nitrogens is 4. The first-order chi connectivity index (χ1) is 7.78. The van der Waals surface area contributed by atoms with E-state index in [1.54, 1.807) is 10.9 Å². The third-order valence-corrected chi connectivity index (χ3v) is 2.35. The molecule has 2 aromatic rings. The third-order valence-electron chi connectivity index (χ3n) is 2.35. The van der Waals surface area contributed by atoms with Crippen molar-refractivity contribution in [3.05, 3.63) is 30.2 Å². The minimum atomic E-state index is 0. The molecule has 2 aromatic heterocycles. The van der Waals surface area contributed by atoms with E-state index in [1.807, 2.05) is 19.3 Å². The average Bonchev–Trinajstić information content (AvgIpc) is 2.91. The molecule has 94 valence electrons. The Kier molecular flexibility index (Phi) is 5.11. The lowest BCUT2D eigenvalue weighted by atomic mass is 10.2. The number of likely N-dealkylation sites (N-methyl/N-ethyl adjacent to an activating group) is 1. The van der Waals surface area contributed by atoms with Gasteiger partial charge in [-0.3, -0.25) is 4.68 Å². The lowest BCUT2D eigenvalue weighted by Crippen LogP contribution is -2.24. The topological polar surface area (TPSA) is 68.8 Å². The molecule has 0 saturated carbocycles. The number of hydrogen-bond acceptors (Lipinski definition) is 5. The molecule has 1 unspecified atom stereocenters. The number of nitrogens with zero attached hydrogens (tertiary/aromatic N) is 4. The smallest absolute Gasteiger partial charge is 0.248 e. The highest BCUT2D eigenvalue weighted by Gasteiger charge is 2.09. The maximum atomic E-state index is 5.13. The van der Waals surface area contributed by atoms with Gasteiger partial charge in [-0.2, -0.15) is 10.1 Å². The molecule has 7 heteroatoms. The Labute approximate surface area is 106 Å². The van der Waals surface area contributed by atoms with Crippen molar-refractivity contribution in [3.8, 4) is 0 Å². The lowest BCUT2D eigenvalue weighted by molar-refractivity contribution is 0.359. The third kappa shape index (κ3) is 3.83. The maximum absolute atomic E-state index is 5.13. The highest BCUT2D eigenvalue weighted by atomic mass is 35.5. The second kappa shape index (κ2) is 6.36. The molecule has 0 bridgehead atoms. The Bertz CT molecular complexity index is 428. The standard InChI is InChI=1S/C10H15N5O.ClH/c1-8(11-2)6-9-13-10(16-14-9)7-15-5-3-4-12-15;/h3-5,8,11H,6-7H2,1-2H3;1H. The molecule has 6 nitrogen and oxygen atoms in total. The fourth-order valence-electron chi connectivity index (χ4n) is 1.35. The Hall–Kier alpha value is -1.40. The van der Waals surface area contributed by atoms with E-state index in [-0.39, 0.29) is 12.4 Å². The van der Waals surface area contributed by atoms with Crippen LogP contribution in [0.5, 0.6) is 0 Å². The van der Waals surface area contributed by atoms with Crippen LogP contribution in [0.2, 0.25) is 0 Å². The molecule has 1 N–H and O–H groups in total.